The molecule has 134 valence electrons. The summed E-state index contributed by atoms with van der Waals surface area (Å²) in [6.07, 6.45) is 4.38. The van der Waals surface area contributed by atoms with Gasteiger partial charge in [0.05, 0.1) is 5.56 Å². The van der Waals surface area contributed by atoms with Crippen molar-refractivity contribution in [3.05, 3.63) is 89.0 Å². The summed E-state index contributed by atoms with van der Waals surface area (Å²) in [5, 5.41) is 9.37. The van der Waals surface area contributed by atoms with Crippen LogP contribution in [-0.2, 0) is 18.4 Å². The summed E-state index contributed by atoms with van der Waals surface area (Å²) in [6.45, 7) is 7.11. The fraction of sp³-hybridized carbons (Fsp3) is 0.273. The maximum Gasteiger partial charge on any atom is 0.336 e. The second kappa shape index (κ2) is 7.16. The molecule has 1 N–H and O–H groups in total. The van der Waals surface area contributed by atoms with Gasteiger partial charge in [0, 0.05) is 25.4 Å². The summed E-state index contributed by atoms with van der Waals surface area (Å²) in [7, 11) is 0. The topological polar surface area (TPSA) is 55.1 Å². The van der Waals surface area contributed by atoms with Gasteiger partial charge in [-0.1, -0.05) is 63.2 Å². The number of hydrogen-bond donors (Lipinski definition) is 1. The molecule has 3 rings (SSSR count). The molecule has 0 fully saturated rings. The minimum atomic E-state index is -0.903. The van der Waals surface area contributed by atoms with Gasteiger partial charge in [0.15, 0.2) is 0 Å². The molecule has 0 spiro atoms. The van der Waals surface area contributed by atoms with Crippen LogP contribution in [0.1, 0.15) is 53.6 Å². The Labute approximate surface area is 154 Å². The lowest BCUT2D eigenvalue weighted by atomic mass is 9.86. The quantitative estimate of drug-likeness (QED) is 0.738. The average Bonchev–Trinajstić information content (AvgIpc) is 3.02. The van der Waals surface area contributed by atoms with Crippen LogP contribution in [0.2, 0.25) is 0 Å². The van der Waals surface area contributed by atoms with E-state index < -0.39 is 5.97 Å². The van der Waals surface area contributed by atoms with E-state index in [1.807, 2.05) is 22.9 Å². The van der Waals surface area contributed by atoms with Crippen molar-refractivity contribution in [1.82, 2.24) is 9.55 Å². The van der Waals surface area contributed by atoms with Crippen LogP contribution in [0.15, 0.2) is 60.9 Å². The molecule has 0 saturated heterocycles. The predicted octanol–water partition coefficient (Wildman–Crippen LogP) is 4.52. The van der Waals surface area contributed by atoms with Crippen LogP contribution in [0.4, 0.5) is 0 Å². The van der Waals surface area contributed by atoms with E-state index >= 15 is 0 Å². The minimum Gasteiger partial charge on any atom is -0.478 e. The lowest BCUT2D eigenvalue weighted by Crippen LogP contribution is -2.11. The molecule has 0 bridgehead atoms. The lowest BCUT2D eigenvalue weighted by Gasteiger charge is -2.19. The molecule has 4 heteroatoms. The van der Waals surface area contributed by atoms with Gasteiger partial charge in [-0.05, 0) is 28.2 Å². The first-order valence-corrected chi connectivity index (χ1v) is 8.75. The largest absolute Gasteiger partial charge is 0.478 e. The van der Waals surface area contributed by atoms with Gasteiger partial charge in [0.25, 0.3) is 0 Å². The Balaban J connectivity index is 1.80. The number of carboxylic acids is 1. The standard InChI is InChI=1S/C22H24N2O2/c1-22(2,3)18-10-8-16(9-11-18)14-20-23-12-13-24(20)15-17-6-4-5-7-19(17)21(25)26/h4-13H,14-15H2,1-3H3,(H,25,26). The summed E-state index contributed by atoms with van der Waals surface area (Å²) in [5.41, 5.74) is 3.75. The highest BCUT2D eigenvalue weighted by Crippen LogP contribution is 2.23. The predicted molar refractivity (Wildman–Crippen MR) is 103 cm³/mol. The number of aromatic nitrogens is 2. The second-order valence-corrected chi connectivity index (χ2v) is 7.56. The van der Waals surface area contributed by atoms with Crippen molar-refractivity contribution in [2.45, 2.75) is 39.2 Å². The van der Waals surface area contributed by atoms with E-state index in [1.165, 1.54) is 11.1 Å². The van der Waals surface area contributed by atoms with Crippen molar-refractivity contribution < 1.29 is 9.90 Å². The van der Waals surface area contributed by atoms with Crippen LogP contribution in [0.5, 0.6) is 0 Å². The van der Waals surface area contributed by atoms with Gasteiger partial charge in [-0.25, -0.2) is 9.78 Å². The van der Waals surface area contributed by atoms with E-state index in [0.29, 0.717) is 18.5 Å². The third kappa shape index (κ3) is 4.02. The van der Waals surface area contributed by atoms with Gasteiger partial charge in [0.1, 0.15) is 5.82 Å². The molecule has 1 aromatic heterocycles. The Morgan fingerprint density at radius 1 is 1.08 bits per heavy atom. The molecule has 0 unspecified atom stereocenters. The van der Waals surface area contributed by atoms with Crippen molar-refractivity contribution >= 4 is 5.97 Å². The molecule has 0 aliphatic heterocycles. The van der Waals surface area contributed by atoms with Crippen LogP contribution in [-0.4, -0.2) is 20.6 Å². The van der Waals surface area contributed by atoms with E-state index in [9.17, 15) is 9.90 Å². The molecule has 0 radical (unpaired) electrons. The monoisotopic (exact) mass is 348 g/mol. The Morgan fingerprint density at radius 2 is 1.77 bits per heavy atom. The van der Waals surface area contributed by atoms with Crippen molar-refractivity contribution in [2.75, 3.05) is 0 Å². The van der Waals surface area contributed by atoms with Crippen LogP contribution in [0.25, 0.3) is 0 Å². The average molecular weight is 348 g/mol. The minimum absolute atomic E-state index is 0.136. The number of benzene rings is 2. The molecule has 0 saturated carbocycles. The van der Waals surface area contributed by atoms with E-state index in [2.05, 4.69) is 50.0 Å². The third-order valence-electron chi connectivity index (χ3n) is 4.57. The summed E-state index contributed by atoms with van der Waals surface area (Å²) in [5.74, 6) is 0.0220. The Hall–Kier alpha value is -2.88. The zero-order chi connectivity index (χ0) is 18.7. The lowest BCUT2D eigenvalue weighted by molar-refractivity contribution is 0.0695. The van der Waals surface area contributed by atoms with Crippen LogP contribution < -0.4 is 0 Å². The van der Waals surface area contributed by atoms with Crippen molar-refractivity contribution in [1.29, 1.82) is 0 Å². The smallest absolute Gasteiger partial charge is 0.336 e. The van der Waals surface area contributed by atoms with Crippen LogP contribution in [0.3, 0.4) is 0 Å². The third-order valence-corrected chi connectivity index (χ3v) is 4.57. The van der Waals surface area contributed by atoms with E-state index in [-0.39, 0.29) is 5.41 Å². The van der Waals surface area contributed by atoms with Gasteiger partial charge in [-0.15, -0.1) is 0 Å². The van der Waals surface area contributed by atoms with E-state index in [0.717, 1.165) is 11.4 Å². The first-order valence-electron chi connectivity index (χ1n) is 8.75. The summed E-state index contributed by atoms with van der Waals surface area (Å²) in [6, 6.07) is 15.7. The van der Waals surface area contributed by atoms with Gasteiger partial charge in [-0.2, -0.15) is 0 Å². The molecule has 3 aromatic rings. The molecule has 26 heavy (non-hydrogen) atoms. The highest BCUT2D eigenvalue weighted by molar-refractivity contribution is 5.89. The molecule has 0 aliphatic carbocycles. The molecule has 2 aromatic carbocycles. The zero-order valence-electron chi connectivity index (χ0n) is 15.4. The maximum absolute atomic E-state index is 11.4. The number of rotatable bonds is 5. The number of carboxylic acid groups (broad SMARTS) is 1. The molecule has 0 atom stereocenters. The zero-order valence-corrected chi connectivity index (χ0v) is 15.4. The Morgan fingerprint density at radius 3 is 2.42 bits per heavy atom. The van der Waals surface area contributed by atoms with E-state index in [4.69, 9.17) is 0 Å². The number of aromatic carboxylic acids is 1. The number of hydrogen-bond acceptors (Lipinski definition) is 2. The summed E-state index contributed by atoms with van der Waals surface area (Å²) < 4.78 is 2.01. The number of imidazole rings is 1. The first kappa shape index (κ1) is 17.9. The Kier molecular flexibility index (Phi) is 4.94. The molecular weight excluding hydrogens is 324 g/mol. The molecule has 1 heterocycles. The van der Waals surface area contributed by atoms with Crippen molar-refractivity contribution in [3.63, 3.8) is 0 Å². The maximum atomic E-state index is 11.4. The molecule has 0 amide bonds. The number of carbonyl (C=O) groups is 1. The first-order chi connectivity index (χ1) is 12.3. The number of nitrogens with zero attached hydrogens (tertiary/aromatic N) is 2. The van der Waals surface area contributed by atoms with Crippen molar-refractivity contribution in [3.8, 4) is 0 Å². The van der Waals surface area contributed by atoms with Gasteiger partial charge < -0.3 is 9.67 Å². The van der Waals surface area contributed by atoms with Gasteiger partial charge in [-0.3, -0.25) is 0 Å². The SMILES string of the molecule is CC(C)(C)c1ccc(Cc2nccn2Cc2ccccc2C(=O)O)cc1. The van der Waals surface area contributed by atoms with Crippen LogP contribution >= 0.6 is 0 Å². The normalized spacial score (nSPS) is 11.5. The fourth-order valence-electron chi connectivity index (χ4n) is 3.01. The van der Waals surface area contributed by atoms with Gasteiger partial charge in [0.2, 0.25) is 0 Å². The highest BCUT2D eigenvalue weighted by Gasteiger charge is 2.14. The highest BCUT2D eigenvalue weighted by atomic mass is 16.4. The molecule has 0 aliphatic rings. The molecular formula is C22H24N2O2. The second-order valence-electron chi connectivity index (χ2n) is 7.56. The summed E-state index contributed by atoms with van der Waals surface area (Å²) >= 11 is 0. The van der Waals surface area contributed by atoms with Crippen LogP contribution in [0, 0.1) is 0 Å². The van der Waals surface area contributed by atoms with Gasteiger partial charge >= 0.3 is 5.97 Å². The van der Waals surface area contributed by atoms with Crippen molar-refractivity contribution in [2.24, 2.45) is 0 Å². The fourth-order valence-corrected chi connectivity index (χ4v) is 3.01. The Bertz CT molecular complexity index is 902. The van der Waals surface area contributed by atoms with E-state index in [1.54, 1.807) is 18.3 Å². The molecule has 4 nitrogen and oxygen atoms in total. The summed E-state index contributed by atoms with van der Waals surface area (Å²) in [4.78, 5) is 15.9.